The first kappa shape index (κ1) is 8.20. The number of hydrogen-bond acceptors (Lipinski definition) is 2. The Kier molecular flexibility index (Phi) is 1.99. The number of aromatic hydroxyl groups is 1. The van der Waals surface area contributed by atoms with Gasteiger partial charge in [0.15, 0.2) is 0 Å². The summed E-state index contributed by atoms with van der Waals surface area (Å²) in [6.45, 7) is 0. The maximum Gasteiger partial charge on any atom is 0.135 e. The van der Waals surface area contributed by atoms with Crippen molar-refractivity contribution in [2.75, 3.05) is 0 Å². The molecular weight excluding hydrogens is 188 g/mol. The zero-order valence-corrected chi connectivity index (χ0v) is 7.45. The molecule has 0 spiro atoms. The summed E-state index contributed by atoms with van der Waals surface area (Å²) in [5.41, 5.74) is 0.782. The molecule has 1 N–H and O–H groups in total. The highest BCUT2D eigenvalue weighted by molar-refractivity contribution is 6.33. The fourth-order valence-corrected chi connectivity index (χ4v) is 1.40. The normalized spacial score (nSPS) is 10.2. The van der Waals surface area contributed by atoms with Crippen LogP contribution in [0, 0.1) is 0 Å². The van der Waals surface area contributed by atoms with Crippen molar-refractivity contribution < 1.29 is 9.52 Å². The van der Waals surface area contributed by atoms with Crippen LogP contribution in [0.15, 0.2) is 41.0 Å². The Balaban J connectivity index is 2.53. The van der Waals surface area contributed by atoms with Crippen molar-refractivity contribution in [2.24, 2.45) is 0 Å². The molecule has 1 heterocycles. The highest BCUT2D eigenvalue weighted by Gasteiger charge is 2.05. The van der Waals surface area contributed by atoms with Crippen molar-refractivity contribution >= 4 is 11.6 Å². The van der Waals surface area contributed by atoms with Crippen LogP contribution in [0.1, 0.15) is 0 Å². The molecule has 0 radical (unpaired) electrons. The number of halogens is 1. The first-order valence-corrected chi connectivity index (χ1v) is 4.17. The Labute approximate surface area is 80.4 Å². The minimum atomic E-state index is 0.153. The van der Waals surface area contributed by atoms with Gasteiger partial charge in [0, 0.05) is 5.56 Å². The van der Waals surface area contributed by atoms with Crippen LogP contribution in [-0.2, 0) is 0 Å². The summed E-state index contributed by atoms with van der Waals surface area (Å²) in [6, 6.07) is 8.39. The van der Waals surface area contributed by atoms with Crippen LogP contribution in [0.3, 0.4) is 0 Å². The minimum absolute atomic E-state index is 0.153. The molecule has 0 unspecified atom stereocenters. The predicted molar refractivity (Wildman–Crippen MR) is 50.8 cm³/mol. The zero-order valence-electron chi connectivity index (χ0n) is 6.70. The van der Waals surface area contributed by atoms with E-state index < -0.39 is 0 Å². The van der Waals surface area contributed by atoms with Gasteiger partial charge in [-0.05, 0) is 30.3 Å². The number of phenols is 1. The Morgan fingerprint density at radius 2 is 2.08 bits per heavy atom. The van der Waals surface area contributed by atoms with Crippen molar-refractivity contribution in [1.82, 2.24) is 0 Å². The van der Waals surface area contributed by atoms with Crippen molar-refractivity contribution in [2.45, 2.75) is 0 Å². The molecule has 0 bridgehead atoms. The van der Waals surface area contributed by atoms with Crippen LogP contribution < -0.4 is 0 Å². The fraction of sp³-hybridized carbons (Fsp3) is 0. The minimum Gasteiger partial charge on any atom is -0.508 e. The molecule has 0 saturated carbocycles. The van der Waals surface area contributed by atoms with E-state index in [1.165, 1.54) is 6.07 Å². The van der Waals surface area contributed by atoms with Crippen LogP contribution in [0.25, 0.3) is 11.3 Å². The van der Waals surface area contributed by atoms with E-state index in [1.807, 2.05) is 6.07 Å². The van der Waals surface area contributed by atoms with Gasteiger partial charge in [0.25, 0.3) is 0 Å². The molecule has 0 aliphatic carbocycles. The number of benzene rings is 1. The van der Waals surface area contributed by atoms with Gasteiger partial charge < -0.3 is 9.52 Å². The van der Waals surface area contributed by atoms with E-state index in [1.54, 1.807) is 24.5 Å². The van der Waals surface area contributed by atoms with Gasteiger partial charge in [0.2, 0.25) is 0 Å². The summed E-state index contributed by atoms with van der Waals surface area (Å²) < 4.78 is 5.17. The molecular formula is C10H7ClO2. The van der Waals surface area contributed by atoms with E-state index in [0.29, 0.717) is 10.8 Å². The van der Waals surface area contributed by atoms with E-state index in [0.717, 1.165) is 5.56 Å². The number of rotatable bonds is 1. The smallest absolute Gasteiger partial charge is 0.135 e. The third kappa shape index (κ3) is 1.53. The van der Waals surface area contributed by atoms with Crippen molar-refractivity contribution in [1.29, 1.82) is 0 Å². The van der Waals surface area contributed by atoms with E-state index in [2.05, 4.69) is 0 Å². The topological polar surface area (TPSA) is 33.4 Å². The van der Waals surface area contributed by atoms with Crippen molar-refractivity contribution in [3.8, 4) is 17.1 Å². The second-order valence-corrected chi connectivity index (χ2v) is 3.05. The molecule has 2 aromatic rings. The number of furan rings is 1. The summed E-state index contributed by atoms with van der Waals surface area (Å²) in [5, 5.41) is 9.60. The second kappa shape index (κ2) is 3.15. The van der Waals surface area contributed by atoms with E-state index >= 15 is 0 Å². The lowest BCUT2D eigenvalue weighted by Gasteiger charge is -2.00. The van der Waals surface area contributed by atoms with Gasteiger partial charge in [-0.15, -0.1) is 0 Å². The first-order chi connectivity index (χ1) is 6.27. The zero-order chi connectivity index (χ0) is 9.26. The summed E-state index contributed by atoms with van der Waals surface area (Å²) >= 11 is 5.90. The standard InChI is InChI=1S/C10H7ClO2/c11-9-6-7(12)3-4-8(9)10-2-1-5-13-10/h1-6,12H. The Morgan fingerprint density at radius 1 is 1.23 bits per heavy atom. The molecule has 0 atom stereocenters. The van der Waals surface area contributed by atoms with Crippen molar-refractivity contribution in [3.63, 3.8) is 0 Å². The quantitative estimate of drug-likeness (QED) is 0.756. The molecule has 0 amide bonds. The maximum absolute atomic E-state index is 9.12. The molecule has 1 aromatic heterocycles. The Bertz CT molecular complexity index is 407. The molecule has 2 rings (SSSR count). The Hall–Kier alpha value is -1.41. The van der Waals surface area contributed by atoms with Gasteiger partial charge in [-0.1, -0.05) is 11.6 Å². The molecule has 66 valence electrons. The van der Waals surface area contributed by atoms with Crippen LogP contribution in [-0.4, -0.2) is 5.11 Å². The molecule has 2 nitrogen and oxygen atoms in total. The first-order valence-electron chi connectivity index (χ1n) is 3.80. The fourth-order valence-electron chi connectivity index (χ4n) is 1.14. The SMILES string of the molecule is Oc1ccc(-c2ccco2)c(Cl)c1. The van der Waals surface area contributed by atoms with Gasteiger partial charge in [0.1, 0.15) is 11.5 Å². The molecule has 3 heteroatoms. The third-order valence-electron chi connectivity index (χ3n) is 1.74. The van der Waals surface area contributed by atoms with E-state index in [4.69, 9.17) is 21.1 Å². The van der Waals surface area contributed by atoms with Crippen LogP contribution in [0.4, 0.5) is 0 Å². The van der Waals surface area contributed by atoms with Crippen molar-refractivity contribution in [3.05, 3.63) is 41.6 Å². The average molecular weight is 195 g/mol. The molecule has 1 aromatic carbocycles. The molecule has 13 heavy (non-hydrogen) atoms. The lowest BCUT2D eigenvalue weighted by Crippen LogP contribution is -1.75. The summed E-state index contributed by atoms with van der Waals surface area (Å²) in [6.07, 6.45) is 1.58. The predicted octanol–water partition coefficient (Wildman–Crippen LogP) is 3.31. The lowest BCUT2D eigenvalue weighted by atomic mass is 10.2. The molecule has 0 aliphatic heterocycles. The van der Waals surface area contributed by atoms with E-state index in [9.17, 15) is 0 Å². The summed E-state index contributed by atoms with van der Waals surface area (Å²) in [5.74, 6) is 0.852. The average Bonchev–Trinajstić information content (AvgIpc) is 2.56. The van der Waals surface area contributed by atoms with Gasteiger partial charge >= 0.3 is 0 Å². The van der Waals surface area contributed by atoms with Gasteiger partial charge in [-0.2, -0.15) is 0 Å². The van der Waals surface area contributed by atoms with Crippen LogP contribution in [0.2, 0.25) is 5.02 Å². The third-order valence-corrected chi connectivity index (χ3v) is 2.05. The Morgan fingerprint density at radius 3 is 2.69 bits per heavy atom. The van der Waals surface area contributed by atoms with Gasteiger partial charge in [-0.25, -0.2) is 0 Å². The molecule has 0 aliphatic rings. The second-order valence-electron chi connectivity index (χ2n) is 2.64. The molecule has 0 fully saturated rings. The lowest BCUT2D eigenvalue weighted by molar-refractivity contribution is 0.475. The van der Waals surface area contributed by atoms with E-state index in [-0.39, 0.29) is 5.75 Å². The van der Waals surface area contributed by atoms with Gasteiger partial charge in [-0.3, -0.25) is 0 Å². The summed E-state index contributed by atoms with van der Waals surface area (Å²) in [7, 11) is 0. The number of hydrogen-bond donors (Lipinski definition) is 1. The largest absolute Gasteiger partial charge is 0.508 e. The maximum atomic E-state index is 9.12. The van der Waals surface area contributed by atoms with Gasteiger partial charge in [0.05, 0.1) is 11.3 Å². The van der Waals surface area contributed by atoms with Crippen LogP contribution >= 0.6 is 11.6 Å². The monoisotopic (exact) mass is 194 g/mol. The highest BCUT2D eigenvalue weighted by Crippen LogP contribution is 2.30. The summed E-state index contributed by atoms with van der Waals surface area (Å²) in [4.78, 5) is 0. The highest BCUT2D eigenvalue weighted by atomic mass is 35.5. The van der Waals surface area contributed by atoms with Crippen LogP contribution in [0.5, 0.6) is 5.75 Å². The molecule has 0 saturated heterocycles. The number of phenolic OH excluding ortho intramolecular Hbond substituents is 1.